The van der Waals surface area contributed by atoms with Crippen molar-refractivity contribution in [1.82, 2.24) is 10.6 Å². The molecule has 2 aromatic rings. The summed E-state index contributed by atoms with van der Waals surface area (Å²) in [6, 6.07) is 18.6. The number of nitrogens with one attached hydrogen (secondary N) is 2. The third-order valence-corrected chi connectivity index (χ3v) is 3.72. The maximum absolute atomic E-state index is 5.18. The number of rotatable bonds is 8. The zero-order chi connectivity index (χ0) is 17.0. The average molecular weight is 325 g/mol. The number of ether oxygens (including phenoxy) is 1. The van der Waals surface area contributed by atoms with Gasteiger partial charge in [0.1, 0.15) is 5.75 Å². The maximum Gasteiger partial charge on any atom is 0.191 e. The molecule has 0 bridgehead atoms. The van der Waals surface area contributed by atoms with Gasteiger partial charge in [-0.25, -0.2) is 0 Å². The molecular weight excluding hydrogens is 298 g/mol. The smallest absolute Gasteiger partial charge is 0.191 e. The van der Waals surface area contributed by atoms with Crippen LogP contribution >= 0.6 is 0 Å². The highest BCUT2D eigenvalue weighted by Crippen LogP contribution is 2.11. The third-order valence-electron chi connectivity index (χ3n) is 3.72. The Morgan fingerprint density at radius 1 is 0.917 bits per heavy atom. The first-order valence-electron chi connectivity index (χ1n) is 8.51. The second-order valence-corrected chi connectivity index (χ2v) is 5.52. The molecule has 0 unspecified atom stereocenters. The van der Waals surface area contributed by atoms with Gasteiger partial charge in [0.25, 0.3) is 0 Å². The fourth-order valence-corrected chi connectivity index (χ4v) is 2.40. The van der Waals surface area contributed by atoms with Crippen molar-refractivity contribution in [3.63, 3.8) is 0 Å². The molecule has 0 radical (unpaired) electrons. The average Bonchev–Trinajstić information content (AvgIpc) is 2.63. The zero-order valence-electron chi connectivity index (χ0n) is 14.6. The van der Waals surface area contributed by atoms with Gasteiger partial charge in [-0.3, -0.25) is 4.99 Å². The summed E-state index contributed by atoms with van der Waals surface area (Å²) in [4.78, 5) is 4.65. The van der Waals surface area contributed by atoms with E-state index in [4.69, 9.17) is 4.74 Å². The topological polar surface area (TPSA) is 45.7 Å². The van der Waals surface area contributed by atoms with Gasteiger partial charge in [0.2, 0.25) is 0 Å². The van der Waals surface area contributed by atoms with Gasteiger partial charge in [0, 0.05) is 19.6 Å². The number of guanidine groups is 1. The van der Waals surface area contributed by atoms with Crippen molar-refractivity contribution in [3.05, 3.63) is 65.7 Å². The number of hydrogen-bond donors (Lipinski definition) is 2. The molecule has 0 heterocycles. The Labute approximate surface area is 145 Å². The van der Waals surface area contributed by atoms with Gasteiger partial charge >= 0.3 is 0 Å². The molecule has 0 aromatic heterocycles. The van der Waals surface area contributed by atoms with Crippen LogP contribution in [0.4, 0.5) is 0 Å². The fourth-order valence-electron chi connectivity index (χ4n) is 2.40. The van der Waals surface area contributed by atoms with Crippen LogP contribution in [0.15, 0.2) is 59.6 Å². The molecule has 128 valence electrons. The predicted molar refractivity (Wildman–Crippen MR) is 101 cm³/mol. The van der Waals surface area contributed by atoms with Gasteiger partial charge in [-0.05, 0) is 43.0 Å². The molecular formula is C20H27N3O. The van der Waals surface area contributed by atoms with E-state index in [1.165, 1.54) is 11.1 Å². The van der Waals surface area contributed by atoms with Crippen LogP contribution in [0.2, 0.25) is 0 Å². The number of benzene rings is 2. The van der Waals surface area contributed by atoms with Crippen molar-refractivity contribution in [2.75, 3.05) is 26.7 Å². The van der Waals surface area contributed by atoms with Gasteiger partial charge < -0.3 is 15.4 Å². The van der Waals surface area contributed by atoms with E-state index in [2.05, 4.69) is 58.9 Å². The van der Waals surface area contributed by atoms with Crippen molar-refractivity contribution in [1.29, 1.82) is 0 Å². The summed E-state index contributed by atoms with van der Waals surface area (Å²) in [7, 11) is 1.68. The molecule has 4 heteroatoms. The van der Waals surface area contributed by atoms with Crippen molar-refractivity contribution in [2.24, 2.45) is 4.99 Å². The van der Waals surface area contributed by atoms with E-state index in [1.54, 1.807) is 7.11 Å². The van der Waals surface area contributed by atoms with Crippen LogP contribution in [0.25, 0.3) is 0 Å². The quantitative estimate of drug-likeness (QED) is 0.579. The van der Waals surface area contributed by atoms with Crippen LogP contribution in [0.5, 0.6) is 5.75 Å². The van der Waals surface area contributed by atoms with Gasteiger partial charge in [0.15, 0.2) is 5.96 Å². The predicted octanol–water partition coefficient (Wildman–Crippen LogP) is 3.04. The summed E-state index contributed by atoms with van der Waals surface area (Å²) in [5.41, 5.74) is 2.60. The largest absolute Gasteiger partial charge is 0.497 e. The minimum Gasteiger partial charge on any atom is -0.497 e. The lowest BCUT2D eigenvalue weighted by molar-refractivity contribution is 0.414. The van der Waals surface area contributed by atoms with Gasteiger partial charge in [-0.2, -0.15) is 0 Å². The molecule has 2 rings (SSSR count). The summed E-state index contributed by atoms with van der Waals surface area (Å²) >= 11 is 0. The van der Waals surface area contributed by atoms with Crippen LogP contribution in [0.1, 0.15) is 18.1 Å². The molecule has 0 atom stereocenters. The lowest BCUT2D eigenvalue weighted by Crippen LogP contribution is -2.38. The first-order chi connectivity index (χ1) is 11.8. The molecule has 0 saturated heterocycles. The molecule has 0 aliphatic rings. The molecule has 0 spiro atoms. The van der Waals surface area contributed by atoms with E-state index in [0.717, 1.165) is 44.2 Å². The number of methoxy groups -OCH3 is 1. The molecule has 0 aliphatic carbocycles. The SMILES string of the molecule is CCNC(=NCCc1ccc(OC)cc1)NCCc1ccccc1. The van der Waals surface area contributed by atoms with E-state index < -0.39 is 0 Å². The second-order valence-electron chi connectivity index (χ2n) is 5.52. The van der Waals surface area contributed by atoms with E-state index in [0.29, 0.717) is 0 Å². The molecule has 2 N–H and O–H groups in total. The molecule has 0 aliphatic heterocycles. The Bertz CT molecular complexity index is 609. The summed E-state index contributed by atoms with van der Waals surface area (Å²) in [6.07, 6.45) is 1.91. The molecule has 4 nitrogen and oxygen atoms in total. The van der Waals surface area contributed by atoms with Gasteiger partial charge in [0.05, 0.1) is 7.11 Å². The van der Waals surface area contributed by atoms with Crippen molar-refractivity contribution in [2.45, 2.75) is 19.8 Å². The van der Waals surface area contributed by atoms with Crippen LogP contribution in [-0.4, -0.2) is 32.7 Å². The Balaban J connectivity index is 1.78. The number of nitrogens with zero attached hydrogens (tertiary/aromatic N) is 1. The molecule has 0 amide bonds. The van der Waals surface area contributed by atoms with Gasteiger partial charge in [-0.1, -0.05) is 42.5 Å². The Morgan fingerprint density at radius 2 is 1.62 bits per heavy atom. The summed E-state index contributed by atoms with van der Waals surface area (Å²) in [5.74, 6) is 1.76. The number of hydrogen-bond acceptors (Lipinski definition) is 2. The van der Waals surface area contributed by atoms with Gasteiger partial charge in [-0.15, -0.1) is 0 Å². The fraction of sp³-hybridized carbons (Fsp3) is 0.350. The first-order valence-corrected chi connectivity index (χ1v) is 8.51. The molecule has 0 saturated carbocycles. The lowest BCUT2D eigenvalue weighted by Gasteiger charge is -2.11. The monoisotopic (exact) mass is 325 g/mol. The van der Waals surface area contributed by atoms with Crippen molar-refractivity contribution in [3.8, 4) is 5.75 Å². The van der Waals surface area contributed by atoms with E-state index in [-0.39, 0.29) is 0 Å². The maximum atomic E-state index is 5.18. The zero-order valence-corrected chi connectivity index (χ0v) is 14.6. The van der Waals surface area contributed by atoms with Crippen LogP contribution < -0.4 is 15.4 Å². The summed E-state index contributed by atoms with van der Waals surface area (Å²) in [6.45, 7) is 4.57. The highest BCUT2D eigenvalue weighted by molar-refractivity contribution is 5.79. The minimum atomic E-state index is 0.757. The molecule has 2 aromatic carbocycles. The Morgan fingerprint density at radius 3 is 2.29 bits per heavy atom. The number of aliphatic imine (C=N–C) groups is 1. The van der Waals surface area contributed by atoms with Crippen LogP contribution in [-0.2, 0) is 12.8 Å². The lowest BCUT2D eigenvalue weighted by atomic mass is 10.1. The van der Waals surface area contributed by atoms with E-state index in [9.17, 15) is 0 Å². The normalized spacial score (nSPS) is 11.2. The highest BCUT2D eigenvalue weighted by atomic mass is 16.5. The summed E-state index contributed by atoms with van der Waals surface area (Å²) in [5, 5.41) is 6.68. The van der Waals surface area contributed by atoms with E-state index >= 15 is 0 Å². The summed E-state index contributed by atoms with van der Waals surface area (Å²) < 4.78 is 5.18. The first kappa shape index (κ1) is 17.9. The van der Waals surface area contributed by atoms with Crippen molar-refractivity contribution >= 4 is 5.96 Å². The Kier molecular flexibility index (Phi) is 7.68. The van der Waals surface area contributed by atoms with E-state index in [1.807, 2.05) is 18.2 Å². The second kappa shape index (κ2) is 10.3. The molecule has 0 fully saturated rings. The highest BCUT2D eigenvalue weighted by Gasteiger charge is 1.98. The van der Waals surface area contributed by atoms with Crippen molar-refractivity contribution < 1.29 is 4.74 Å². The standard InChI is InChI=1S/C20H27N3O/c1-3-21-20(22-15-13-17-7-5-4-6-8-17)23-16-14-18-9-11-19(24-2)12-10-18/h4-12H,3,13-16H2,1-2H3,(H2,21,22,23). The Hall–Kier alpha value is -2.49. The van der Waals surface area contributed by atoms with Crippen LogP contribution in [0.3, 0.4) is 0 Å². The third kappa shape index (κ3) is 6.32. The minimum absolute atomic E-state index is 0.757. The van der Waals surface area contributed by atoms with Crippen LogP contribution in [0, 0.1) is 0 Å². The molecule has 24 heavy (non-hydrogen) atoms.